The fourth-order valence-corrected chi connectivity index (χ4v) is 3.09. The molecule has 0 aliphatic carbocycles. The summed E-state index contributed by atoms with van der Waals surface area (Å²) in [4.78, 5) is 37.3. The number of aryl methyl sites for hydroxylation is 1. The van der Waals surface area contributed by atoms with E-state index in [9.17, 15) is 14.4 Å². The van der Waals surface area contributed by atoms with Crippen molar-refractivity contribution < 1.29 is 19.1 Å². The van der Waals surface area contributed by atoms with E-state index in [0.29, 0.717) is 16.8 Å². The first kappa shape index (κ1) is 21.8. The number of ether oxygens (including phenoxy) is 1. The molecule has 6 nitrogen and oxygen atoms in total. The summed E-state index contributed by atoms with van der Waals surface area (Å²) in [6.45, 7) is 3.23. The normalized spacial score (nSPS) is 11.3. The van der Waals surface area contributed by atoms with Crippen LogP contribution >= 0.6 is 0 Å². The van der Waals surface area contributed by atoms with Crippen molar-refractivity contribution >= 4 is 23.5 Å². The Hall–Kier alpha value is -3.93. The van der Waals surface area contributed by atoms with Crippen molar-refractivity contribution in [3.05, 3.63) is 101 Å². The van der Waals surface area contributed by atoms with E-state index in [4.69, 9.17) is 4.74 Å². The van der Waals surface area contributed by atoms with E-state index in [1.54, 1.807) is 49.4 Å². The van der Waals surface area contributed by atoms with Crippen molar-refractivity contribution in [1.29, 1.82) is 0 Å². The van der Waals surface area contributed by atoms with Crippen LogP contribution in [-0.4, -0.2) is 24.4 Å². The Labute approximate surface area is 181 Å². The molecule has 1 atom stereocenters. The zero-order valence-corrected chi connectivity index (χ0v) is 17.4. The Kier molecular flexibility index (Phi) is 7.17. The molecule has 2 amide bonds. The lowest BCUT2D eigenvalue weighted by molar-refractivity contribution is -0.119. The Morgan fingerprint density at radius 2 is 1.45 bits per heavy atom. The molecule has 0 unspecified atom stereocenters. The van der Waals surface area contributed by atoms with Crippen molar-refractivity contribution in [2.24, 2.45) is 0 Å². The van der Waals surface area contributed by atoms with Crippen molar-refractivity contribution in [1.82, 2.24) is 5.32 Å². The van der Waals surface area contributed by atoms with Crippen molar-refractivity contribution in [3.63, 3.8) is 0 Å². The summed E-state index contributed by atoms with van der Waals surface area (Å²) < 4.78 is 5.11. The number of rotatable bonds is 7. The highest BCUT2D eigenvalue weighted by Crippen LogP contribution is 2.18. The van der Waals surface area contributed by atoms with E-state index in [-0.39, 0.29) is 11.9 Å². The molecule has 0 bridgehead atoms. The zero-order valence-electron chi connectivity index (χ0n) is 17.4. The highest BCUT2D eigenvalue weighted by atomic mass is 16.5. The minimum Gasteiger partial charge on any atom is -0.452 e. The largest absolute Gasteiger partial charge is 0.452 e. The molecule has 0 spiro atoms. The van der Waals surface area contributed by atoms with E-state index < -0.39 is 18.5 Å². The van der Waals surface area contributed by atoms with Gasteiger partial charge in [-0.3, -0.25) is 9.59 Å². The van der Waals surface area contributed by atoms with Crippen LogP contribution in [0.25, 0.3) is 0 Å². The fraction of sp³-hybridized carbons (Fsp3) is 0.160. The lowest BCUT2D eigenvalue weighted by Crippen LogP contribution is -2.28. The van der Waals surface area contributed by atoms with Gasteiger partial charge in [-0.05, 0) is 43.2 Å². The van der Waals surface area contributed by atoms with Gasteiger partial charge in [0, 0.05) is 0 Å². The quantitative estimate of drug-likeness (QED) is 0.563. The maximum absolute atomic E-state index is 12.8. The summed E-state index contributed by atoms with van der Waals surface area (Å²) >= 11 is 0. The number of benzene rings is 3. The molecule has 0 fully saturated rings. The molecule has 0 heterocycles. The summed E-state index contributed by atoms with van der Waals surface area (Å²) in [5.74, 6) is -1.42. The second-order valence-corrected chi connectivity index (χ2v) is 7.09. The molecule has 2 N–H and O–H groups in total. The van der Waals surface area contributed by atoms with Gasteiger partial charge in [-0.1, -0.05) is 60.7 Å². The number of carbonyl (C=O) groups excluding carboxylic acids is 3. The summed E-state index contributed by atoms with van der Waals surface area (Å²) in [5.41, 5.74) is 2.81. The Morgan fingerprint density at radius 1 is 0.839 bits per heavy atom. The Balaban J connectivity index is 1.62. The zero-order chi connectivity index (χ0) is 22.2. The van der Waals surface area contributed by atoms with Gasteiger partial charge in [0.1, 0.15) is 0 Å². The van der Waals surface area contributed by atoms with Gasteiger partial charge in [0.15, 0.2) is 6.61 Å². The summed E-state index contributed by atoms with van der Waals surface area (Å²) in [5, 5.41) is 5.58. The topological polar surface area (TPSA) is 84.5 Å². The lowest BCUT2D eigenvalue weighted by Gasteiger charge is -2.16. The van der Waals surface area contributed by atoms with Crippen LogP contribution in [0.1, 0.15) is 44.8 Å². The SMILES string of the molecule is Cc1ccccc1C(=O)OCC(=O)Nc1ccccc1C(=O)N[C@H](C)c1ccccc1. The van der Waals surface area contributed by atoms with Crippen LogP contribution in [0, 0.1) is 6.92 Å². The van der Waals surface area contributed by atoms with Crippen LogP contribution in [0.15, 0.2) is 78.9 Å². The van der Waals surface area contributed by atoms with Gasteiger partial charge in [0.2, 0.25) is 0 Å². The second kappa shape index (κ2) is 10.2. The monoisotopic (exact) mass is 416 g/mol. The molecule has 0 aromatic heterocycles. The van der Waals surface area contributed by atoms with E-state index in [1.807, 2.05) is 43.3 Å². The second-order valence-electron chi connectivity index (χ2n) is 7.09. The average molecular weight is 416 g/mol. The highest BCUT2D eigenvalue weighted by molar-refractivity contribution is 6.04. The summed E-state index contributed by atoms with van der Waals surface area (Å²) in [7, 11) is 0. The standard InChI is InChI=1S/C25H24N2O4/c1-17-10-6-7-13-20(17)25(30)31-16-23(28)27-22-15-9-8-14-21(22)24(29)26-18(2)19-11-4-3-5-12-19/h3-15,18H,16H2,1-2H3,(H,26,29)(H,27,28)/t18-/m1/s1. The number of hydrogen-bond acceptors (Lipinski definition) is 4. The smallest absolute Gasteiger partial charge is 0.338 e. The first-order chi connectivity index (χ1) is 15.0. The molecule has 0 saturated carbocycles. The molecule has 158 valence electrons. The molecular weight excluding hydrogens is 392 g/mol. The summed E-state index contributed by atoms with van der Waals surface area (Å²) in [6.07, 6.45) is 0. The van der Waals surface area contributed by atoms with Crippen LogP contribution in [0.3, 0.4) is 0 Å². The molecule has 3 aromatic rings. The number of esters is 1. The van der Waals surface area contributed by atoms with Gasteiger partial charge >= 0.3 is 5.97 Å². The van der Waals surface area contributed by atoms with Gasteiger partial charge in [-0.25, -0.2) is 4.79 Å². The van der Waals surface area contributed by atoms with Crippen molar-refractivity contribution in [3.8, 4) is 0 Å². The van der Waals surface area contributed by atoms with Crippen molar-refractivity contribution in [2.75, 3.05) is 11.9 Å². The van der Waals surface area contributed by atoms with E-state index >= 15 is 0 Å². The third-order valence-electron chi connectivity index (χ3n) is 4.79. The fourth-order valence-electron chi connectivity index (χ4n) is 3.09. The predicted molar refractivity (Wildman–Crippen MR) is 119 cm³/mol. The van der Waals surface area contributed by atoms with Gasteiger partial charge < -0.3 is 15.4 Å². The van der Waals surface area contributed by atoms with Gasteiger partial charge in [-0.2, -0.15) is 0 Å². The Bertz CT molecular complexity index is 1080. The average Bonchev–Trinajstić information content (AvgIpc) is 2.78. The van der Waals surface area contributed by atoms with Crippen LogP contribution in [0.5, 0.6) is 0 Å². The predicted octanol–water partition coefficient (Wildman–Crippen LogP) is 4.28. The van der Waals surface area contributed by atoms with E-state index in [2.05, 4.69) is 10.6 Å². The number of anilines is 1. The molecule has 0 radical (unpaired) electrons. The van der Waals surface area contributed by atoms with Gasteiger partial charge in [0.05, 0.1) is 22.9 Å². The lowest BCUT2D eigenvalue weighted by atomic mass is 10.1. The van der Waals surface area contributed by atoms with Crippen molar-refractivity contribution in [2.45, 2.75) is 19.9 Å². The molecule has 0 aliphatic heterocycles. The molecule has 3 aromatic carbocycles. The number of nitrogens with one attached hydrogen (secondary N) is 2. The van der Waals surface area contributed by atoms with Crippen LogP contribution < -0.4 is 10.6 Å². The maximum atomic E-state index is 12.8. The third-order valence-corrected chi connectivity index (χ3v) is 4.79. The molecule has 0 aliphatic rings. The molecular formula is C25H24N2O4. The van der Waals surface area contributed by atoms with Crippen LogP contribution in [-0.2, 0) is 9.53 Å². The third kappa shape index (κ3) is 5.79. The minimum absolute atomic E-state index is 0.201. The molecule has 31 heavy (non-hydrogen) atoms. The Morgan fingerprint density at radius 3 is 2.16 bits per heavy atom. The first-order valence-electron chi connectivity index (χ1n) is 9.93. The minimum atomic E-state index is -0.573. The number of hydrogen-bond donors (Lipinski definition) is 2. The highest BCUT2D eigenvalue weighted by Gasteiger charge is 2.17. The van der Waals surface area contributed by atoms with Crippen LogP contribution in [0.4, 0.5) is 5.69 Å². The number of amides is 2. The van der Waals surface area contributed by atoms with E-state index in [0.717, 1.165) is 11.1 Å². The number of carbonyl (C=O) groups is 3. The first-order valence-corrected chi connectivity index (χ1v) is 9.93. The van der Waals surface area contributed by atoms with Gasteiger partial charge in [-0.15, -0.1) is 0 Å². The molecule has 3 rings (SSSR count). The maximum Gasteiger partial charge on any atom is 0.338 e. The summed E-state index contributed by atoms with van der Waals surface area (Å²) in [6, 6.07) is 23.1. The van der Waals surface area contributed by atoms with Gasteiger partial charge in [0.25, 0.3) is 11.8 Å². The molecule has 0 saturated heterocycles. The molecule has 6 heteroatoms. The van der Waals surface area contributed by atoms with Crippen LogP contribution in [0.2, 0.25) is 0 Å². The van der Waals surface area contributed by atoms with E-state index in [1.165, 1.54) is 0 Å². The number of para-hydroxylation sites is 1.